The van der Waals surface area contributed by atoms with E-state index in [9.17, 15) is 27.2 Å². The summed E-state index contributed by atoms with van der Waals surface area (Å²) in [7, 11) is 0. The summed E-state index contributed by atoms with van der Waals surface area (Å²) < 4.78 is 66.6. The van der Waals surface area contributed by atoms with Crippen LogP contribution in [0.3, 0.4) is 0 Å². The number of rotatable bonds is 6. The fourth-order valence-electron chi connectivity index (χ4n) is 4.78. The Bertz CT molecular complexity index is 1420. The van der Waals surface area contributed by atoms with Gasteiger partial charge in [0.25, 0.3) is 0 Å². The summed E-state index contributed by atoms with van der Waals surface area (Å²) in [6.07, 6.45) is -5.17. The van der Waals surface area contributed by atoms with Gasteiger partial charge in [0, 0.05) is 24.6 Å². The van der Waals surface area contributed by atoms with Crippen molar-refractivity contribution in [1.29, 1.82) is 0 Å². The molecule has 1 saturated heterocycles. The van der Waals surface area contributed by atoms with E-state index in [1.165, 1.54) is 42.5 Å². The molecule has 42 heavy (non-hydrogen) atoms. The number of carbonyl (C=O) groups is 2. The summed E-state index contributed by atoms with van der Waals surface area (Å²) in [4.78, 5) is 32.2. The predicted molar refractivity (Wildman–Crippen MR) is 143 cm³/mol. The van der Waals surface area contributed by atoms with Crippen molar-refractivity contribution in [2.45, 2.75) is 70.4 Å². The lowest BCUT2D eigenvalue weighted by atomic mass is 9.83. The third-order valence-corrected chi connectivity index (χ3v) is 6.54. The maximum atomic E-state index is 13.8. The molecular weight excluding hydrogens is 560 g/mol. The third kappa shape index (κ3) is 7.98. The van der Waals surface area contributed by atoms with Crippen LogP contribution < -0.4 is 10.1 Å². The van der Waals surface area contributed by atoms with Crippen LogP contribution in [0.2, 0.25) is 0 Å². The minimum Gasteiger partial charge on any atom is -0.444 e. The normalized spacial score (nSPS) is 18.0. The van der Waals surface area contributed by atoms with E-state index in [0.29, 0.717) is 17.5 Å². The highest BCUT2D eigenvalue weighted by Gasteiger charge is 2.41. The first-order valence-corrected chi connectivity index (χ1v) is 13.2. The maximum Gasteiger partial charge on any atom is 0.573 e. The number of hydrogen-bond donors (Lipinski definition) is 1. The number of alkyl carbamates (subject to hydrolysis) is 1. The number of carbonyl (C=O) groups excluding carboxylic acids is 2. The Hall–Kier alpha value is -4.16. The van der Waals surface area contributed by atoms with Crippen molar-refractivity contribution in [3.8, 4) is 17.1 Å². The molecule has 0 bridgehead atoms. The topological polar surface area (TPSA) is 107 Å². The Morgan fingerprint density at radius 1 is 1.00 bits per heavy atom. The molecule has 4 rings (SSSR count). The Balaban J connectivity index is 1.61. The van der Waals surface area contributed by atoms with E-state index in [1.807, 2.05) is 0 Å². The van der Waals surface area contributed by atoms with E-state index in [2.05, 4.69) is 20.2 Å². The number of ether oxygens (including phenoxy) is 2. The van der Waals surface area contributed by atoms with Crippen molar-refractivity contribution >= 4 is 12.0 Å². The second-order valence-electron chi connectivity index (χ2n) is 11.7. The van der Waals surface area contributed by atoms with Crippen molar-refractivity contribution in [1.82, 2.24) is 20.4 Å². The second kappa shape index (κ2) is 11.6. The summed E-state index contributed by atoms with van der Waals surface area (Å²) in [5.74, 6) is -1.67. The summed E-state index contributed by atoms with van der Waals surface area (Å²) in [6.45, 7) is 8.58. The highest BCUT2D eigenvalue weighted by Crippen LogP contribution is 2.37. The van der Waals surface area contributed by atoms with Gasteiger partial charge in [0.2, 0.25) is 17.6 Å². The lowest BCUT2D eigenvalue weighted by Gasteiger charge is -2.40. The smallest absolute Gasteiger partial charge is 0.444 e. The summed E-state index contributed by atoms with van der Waals surface area (Å²) in [5, 5.41) is 6.60. The molecule has 1 N–H and O–H groups in total. The number of halogens is 4. The van der Waals surface area contributed by atoms with Crippen LogP contribution in [0, 0.1) is 5.82 Å². The van der Waals surface area contributed by atoms with Crippen LogP contribution in [0.4, 0.5) is 22.4 Å². The molecule has 3 aromatic rings. The highest BCUT2D eigenvalue weighted by molar-refractivity contribution is 5.89. The zero-order valence-electron chi connectivity index (χ0n) is 23.8. The van der Waals surface area contributed by atoms with Crippen LogP contribution >= 0.6 is 0 Å². The molecule has 0 spiro atoms. The number of nitrogens with zero attached hydrogens (tertiary/aromatic N) is 3. The molecule has 1 aromatic heterocycles. The average Bonchev–Trinajstić information content (AvgIpc) is 3.37. The van der Waals surface area contributed by atoms with Crippen molar-refractivity contribution in [3.05, 3.63) is 65.8 Å². The van der Waals surface area contributed by atoms with Gasteiger partial charge in [-0.3, -0.25) is 4.79 Å². The molecule has 2 atom stereocenters. The van der Waals surface area contributed by atoms with Crippen molar-refractivity contribution in [2.75, 3.05) is 13.1 Å². The van der Waals surface area contributed by atoms with Crippen LogP contribution in [-0.4, -0.2) is 57.6 Å². The molecule has 0 aliphatic carbocycles. The molecule has 9 nitrogen and oxygen atoms in total. The van der Waals surface area contributed by atoms with E-state index in [1.54, 1.807) is 45.6 Å². The highest BCUT2D eigenvalue weighted by atomic mass is 19.4. The SMILES string of the molecule is CC(C)(C)OC(=O)NC(C)(C)C(=O)N1CC(c2ccc(OC(F)(F)F)cc2)CC(c2nc(-c3cccc(F)c3)no2)C1. The van der Waals surface area contributed by atoms with Gasteiger partial charge >= 0.3 is 12.5 Å². The maximum absolute atomic E-state index is 13.8. The zero-order chi connectivity index (χ0) is 30.9. The minimum absolute atomic E-state index is 0.162. The van der Waals surface area contributed by atoms with E-state index < -0.39 is 41.2 Å². The van der Waals surface area contributed by atoms with Crippen LogP contribution in [-0.2, 0) is 9.53 Å². The van der Waals surface area contributed by atoms with Crippen molar-refractivity contribution < 1.29 is 41.1 Å². The quantitative estimate of drug-likeness (QED) is 0.341. The van der Waals surface area contributed by atoms with Gasteiger partial charge < -0.3 is 24.2 Å². The molecule has 226 valence electrons. The fourth-order valence-corrected chi connectivity index (χ4v) is 4.78. The molecule has 1 aliphatic heterocycles. The Labute approximate surface area is 240 Å². The van der Waals surface area contributed by atoms with Gasteiger partial charge in [-0.2, -0.15) is 4.98 Å². The van der Waals surface area contributed by atoms with Gasteiger partial charge in [0.05, 0.1) is 5.92 Å². The molecule has 2 heterocycles. The van der Waals surface area contributed by atoms with Gasteiger partial charge in [-0.1, -0.05) is 29.4 Å². The first kappa shape index (κ1) is 30.8. The molecule has 2 unspecified atom stereocenters. The van der Waals surface area contributed by atoms with Crippen LogP contribution in [0.25, 0.3) is 11.4 Å². The number of hydrogen-bond acceptors (Lipinski definition) is 7. The molecular formula is C29H32F4N4O5. The predicted octanol–water partition coefficient (Wildman–Crippen LogP) is 6.18. The van der Waals surface area contributed by atoms with Crippen molar-refractivity contribution in [2.24, 2.45) is 0 Å². The number of nitrogens with one attached hydrogen (secondary N) is 1. The van der Waals surface area contributed by atoms with E-state index in [4.69, 9.17) is 9.26 Å². The molecule has 0 saturated carbocycles. The standard InChI is InChI=1S/C29H32F4N4O5/c1-27(2,3)41-26(39)35-28(4,5)25(38)37-15-19(17-9-11-22(12-10-17)40-29(31,32)33)13-20(16-37)24-34-23(36-42-24)18-7-6-8-21(30)14-18/h6-12,14,19-20H,13,15-16H2,1-5H3,(H,35,39). The molecule has 0 radical (unpaired) electrons. The van der Waals surface area contributed by atoms with Gasteiger partial charge in [-0.15, -0.1) is 13.2 Å². The van der Waals surface area contributed by atoms with E-state index >= 15 is 0 Å². The number of piperidine rings is 1. The van der Waals surface area contributed by atoms with Crippen LogP contribution in [0.5, 0.6) is 5.75 Å². The fraction of sp³-hybridized carbons (Fsp3) is 0.448. The average molecular weight is 593 g/mol. The summed E-state index contributed by atoms with van der Waals surface area (Å²) in [5.41, 5.74) is -1.06. The number of alkyl halides is 3. The number of amides is 2. The minimum atomic E-state index is -4.83. The molecule has 1 aliphatic rings. The van der Waals surface area contributed by atoms with E-state index in [-0.39, 0.29) is 36.5 Å². The summed E-state index contributed by atoms with van der Waals surface area (Å²) >= 11 is 0. The van der Waals surface area contributed by atoms with Gasteiger partial charge in [0.15, 0.2) is 0 Å². The molecule has 13 heteroatoms. The van der Waals surface area contributed by atoms with Gasteiger partial charge in [0.1, 0.15) is 22.7 Å². The summed E-state index contributed by atoms with van der Waals surface area (Å²) in [6, 6.07) is 11.1. The van der Waals surface area contributed by atoms with Crippen LogP contribution in [0.1, 0.15) is 64.3 Å². The molecule has 1 fully saturated rings. The third-order valence-electron chi connectivity index (χ3n) is 6.54. The van der Waals surface area contributed by atoms with Crippen LogP contribution in [0.15, 0.2) is 53.1 Å². The largest absolute Gasteiger partial charge is 0.573 e. The van der Waals surface area contributed by atoms with E-state index in [0.717, 1.165) is 0 Å². The van der Waals surface area contributed by atoms with Gasteiger partial charge in [-0.25, -0.2) is 9.18 Å². The first-order chi connectivity index (χ1) is 19.5. The Kier molecular flexibility index (Phi) is 8.51. The van der Waals surface area contributed by atoms with Crippen molar-refractivity contribution in [3.63, 3.8) is 0 Å². The Morgan fingerprint density at radius 3 is 2.29 bits per heavy atom. The molecule has 2 amide bonds. The lowest BCUT2D eigenvalue weighted by molar-refractivity contribution is -0.274. The monoisotopic (exact) mass is 592 g/mol. The molecule has 2 aromatic carbocycles. The number of likely N-dealkylation sites (tertiary alicyclic amines) is 1. The first-order valence-electron chi connectivity index (χ1n) is 13.2. The number of benzene rings is 2. The number of aromatic nitrogens is 2. The lowest BCUT2D eigenvalue weighted by Crippen LogP contribution is -2.58. The zero-order valence-corrected chi connectivity index (χ0v) is 23.8. The Morgan fingerprint density at radius 2 is 1.67 bits per heavy atom. The van der Waals surface area contributed by atoms with Gasteiger partial charge in [-0.05, 0) is 70.9 Å². The second-order valence-corrected chi connectivity index (χ2v) is 11.7.